The summed E-state index contributed by atoms with van der Waals surface area (Å²) in [4.78, 5) is 0. The van der Waals surface area contributed by atoms with Gasteiger partial charge in [-0.05, 0) is 32.9 Å². The first kappa shape index (κ1) is 14.4. The van der Waals surface area contributed by atoms with Crippen molar-refractivity contribution in [1.29, 1.82) is 0 Å². The van der Waals surface area contributed by atoms with E-state index in [0.717, 1.165) is 22.6 Å². The summed E-state index contributed by atoms with van der Waals surface area (Å²) in [5.74, 6) is 2.02. The van der Waals surface area contributed by atoms with E-state index < -0.39 is 6.10 Å². The van der Waals surface area contributed by atoms with Crippen molar-refractivity contribution in [2.75, 3.05) is 7.11 Å². The van der Waals surface area contributed by atoms with Gasteiger partial charge in [0.1, 0.15) is 23.9 Å². The molecule has 2 rings (SSSR count). The number of aliphatic hydroxyl groups excluding tert-OH is 1. The van der Waals surface area contributed by atoms with Gasteiger partial charge in [0, 0.05) is 11.6 Å². The number of aromatic nitrogens is 1. The van der Waals surface area contributed by atoms with E-state index in [2.05, 4.69) is 5.16 Å². The monoisotopic (exact) mass is 277 g/mol. The lowest BCUT2D eigenvalue weighted by molar-refractivity contribution is 0.189. The Morgan fingerprint density at radius 2 is 2.10 bits per heavy atom. The number of hydrogen-bond acceptors (Lipinski definition) is 5. The van der Waals surface area contributed by atoms with Crippen molar-refractivity contribution in [3.8, 4) is 11.5 Å². The van der Waals surface area contributed by atoms with Gasteiger partial charge in [0.15, 0.2) is 0 Å². The molecule has 0 aliphatic heterocycles. The molecular weight excluding hydrogens is 258 g/mol. The molecule has 1 aromatic heterocycles. The zero-order valence-corrected chi connectivity index (χ0v) is 12.1. The summed E-state index contributed by atoms with van der Waals surface area (Å²) in [5, 5.41) is 13.7. The Bertz CT molecular complexity index is 570. The number of ether oxygens (including phenoxy) is 2. The van der Waals surface area contributed by atoms with Gasteiger partial charge < -0.3 is 19.1 Å². The molecular formula is C15H19NO4. The van der Waals surface area contributed by atoms with Crippen LogP contribution < -0.4 is 9.47 Å². The molecule has 0 spiro atoms. The Balaban J connectivity index is 2.23. The second-order valence-electron chi connectivity index (χ2n) is 4.67. The zero-order chi connectivity index (χ0) is 14.7. The zero-order valence-electron chi connectivity index (χ0n) is 12.1. The molecule has 0 aliphatic carbocycles. The van der Waals surface area contributed by atoms with Gasteiger partial charge in [-0.1, -0.05) is 5.16 Å². The van der Waals surface area contributed by atoms with Crippen LogP contribution in [0.5, 0.6) is 11.5 Å². The Hall–Kier alpha value is -2.01. The normalized spacial score (nSPS) is 12.2. The van der Waals surface area contributed by atoms with Gasteiger partial charge in [-0.15, -0.1) is 0 Å². The second-order valence-corrected chi connectivity index (χ2v) is 4.67. The van der Waals surface area contributed by atoms with Crippen LogP contribution in [0.25, 0.3) is 0 Å². The maximum Gasteiger partial charge on any atom is 0.140 e. The average molecular weight is 277 g/mol. The van der Waals surface area contributed by atoms with Gasteiger partial charge in [0.05, 0.1) is 24.5 Å². The van der Waals surface area contributed by atoms with Gasteiger partial charge in [0.2, 0.25) is 0 Å². The third-order valence-electron chi connectivity index (χ3n) is 3.22. The Labute approximate surface area is 118 Å². The number of nitrogens with zero attached hydrogens (tertiary/aromatic N) is 1. The van der Waals surface area contributed by atoms with Crippen LogP contribution in [0.4, 0.5) is 0 Å². The van der Waals surface area contributed by atoms with Crippen molar-refractivity contribution >= 4 is 0 Å². The summed E-state index contributed by atoms with van der Waals surface area (Å²) < 4.78 is 16.1. The van der Waals surface area contributed by atoms with Crippen molar-refractivity contribution in [2.45, 2.75) is 33.5 Å². The van der Waals surface area contributed by atoms with Gasteiger partial charge >= 0.3 is 0 Å². The van der Waals surface area contributed by atoms with E-state index in [-0.39, 0.29) is 0 Å². The minimum absolute atomic E-state index is 0.341. The van der Waals surface area contributed by atoms with Crippen molar-refractivity contribution in [2.24, 2.45) is 0 Å². The first-order valence-corrected chi connectivity index (χ1v) is 6.43. The molecule has 1 heterocycles. The van der Waals surface area contributed by atoms with Crippen molar-refractivity contribution in [3.63, 3.8) is 0 Å². The molecule has 0 bridgehead atoms. The standard InChI is InChI=1S/C15H19NO4/c1-9-14(11(3)20-16-9)8-19-15-7-12(18-4)5-6-13(15)10(2)17/h5-7,10,17H,8H2,1-4H3/t10-/m1/s1. The summed E-state index contributed by atoms with van der Waals surface area (Å²) in [6.07, 6.45) is -0.611. The highest BCUT2D eigenvalue weighted by atomic mass is 16.5. The number of methoxy groups -OCH3 is 1. The number of hydrogen-bond donors (Lipinski definition) is 1. The highest BCUT2D eigenvalue weighted by molar-refractivity contribution is 5.42. The molecule has 0 radical (unpaired) electrons. The van der Waals surface area contributed by atoms with Crippen molar-refractivity contribution < 1.29 is 19.1 Å². The molecule has 0 aliphatic rings. The smallest absolute Gasteiger partial charge is 0.140 e. The van der Waals surface area contributed by atoms with E-state index in [1.807, 2.05) is 13.8 Å². The topological polar surface area (TPSA) is 64.7 Å². The summed E-state index contributed by atoms with van der Waals surface area (Å²) in [6, 6.07) is 5.36. The van der Waals surface area contributed by atoms with E-state index in [1.165, 1.54) is 0 Å². The van der Waals surface area contributed by atoms with Crippen LogP contribution in [0.1, 0.15) is 35.6 Å². The molecule has 1 aromatic carbocycles. The molecule has 5 heteroatoms. The predicted molar refractivity (Wildman–Crippen MR) is 73.9 cm³/mol. The van der Waals surface area contributed by atoms with Crippen LogP contribution in [0, 0.1) is 13.8 Å². The van der Waals surface area contributed by atoms with Crippen LogP contribution in [-0.4, -0.2) is 17.4 Å². The molecule has 20 heavy (non-hydrogen) atoms. The predicted octanol–water partition coefficient (Wildman–Crippen LogP) is 2.93. The molecule has 0 fully saturated rings. The first-order valence-electron chi connectivity index (χ1n) is 6.43. The second kappa shape index (κ2) is 5.96. The lowest BCUT2D eigenvalue weighted by Gasteiger charge is -2.14. The van der Waals surface area contributed by atoms with Crippen molar-refractivity contribution in [3.05, 3.63) is 40.8 Å². The fourth-order valence-corrected chi connectivity index (χ4v) is 1.97. The molecule has 1 atom stereocenters. The summed E-state index contributed by atoms with van der Waals surface area (Å²) in [6.45, 7) is 5.76. The maximum absolute atomic E-state index is 9.78. The van der Waals surface area contributed by atoms with E-state index in [9.17, 15) is 5.11 Å². The first-order chi connectivity index (χ1) is 9.52. The van der Waals surface area contributed by atoms with Gasteiger partial charge in [0.25, 0.3) is 0 Å². The highest BCUT2D eigenvalue weighted by Crippen LogP contribution is 2.30. The average Bonchev–Trinajstić information content (AvgIpc) is 2.75. The summed E-state index contributed by atoms with van der Waals surface area (Å²) in [5.41, 5.74) is 2.45. The van der Waals surface area contributed by atoms with Gasteiger partial charge in [-0.3, -0.25) is 0 Å². The van der Waals surface area contributed by atoms with Crippen LogP contribution >= 0.6 is 0 Å². The molecule has 1 N–H and O–H groups in total. The molecule has 5 nitrogen and oxygen atoms in total. The molecule has 0 amide bonds. The lowest BCUT2D eigenvalue weighted by atomic mass is 10.1. The van der Waals surface area contributed by atoms with Crippen molar-refractivity contribution in [1.82, 2.24) is 5.16 Å². The minimum atomic E-state index is -0.611. The van der Waals surface area contributed by atoms with Gasteiger partial charge in [-0.2, -0.15) is 0 Å². The highest BCUT2D eigenvalue weighted by Gasteiger charge is 2.14. The lowest BCUT2D eigenvalue weighted by Crippen LogP contribution is -2.02. The Morgan fingerprint density at radius 1 is 1.35 bits per heavy atom. The molecule has 0 saturated heterocycles. The van der Waals surface area contributed by atoms with Crippen LogP contribution in [0.2, 0.25) is 0 Å². The third-order valence-corrected chi connectivity index (χ3v) is 3.22. The Morgan fingerprint density at radius 3 is 2.65 bits per heavy atom. The minimum Gasteiger partial charge on any atom is -0.497 e. The maximum atomic E-state index is 9.78. The fraction of sp³-hybridized carbons (Fsp3) is 0.400. The summed E-state index contributed by atoms with van der Waals surface area (Å²) in [7, 11) is 1.59. The van der Waals surface area contributed by atoms with Gasteiger partial charge in [-0.25, -0.2) is 0 Å². The van der Waals surface area contributed by atoms with E-state index >= 15 is 0 Å². The molecule has 2 aromatic rings. The quantitative estimate of drug-likeness (QED) is 0.910. The molecule has 0 saturated carbocycles. The van der Waals surface area contributed by atoms with Crippen LogP contribution in [-0.2, 0) is 6.61 Å². The number of benzene rings is 1. The van der Waals surface area contributed by atoms with Crippen LogP contribution in [0.15, 0.2) is 22.7 Å². The number of aliphatic hydroxyl groups is 1. The molecule has 0 unspecified atom stereocenters. The molecule has 108 valence electrons. The fourth-order valence-electron chi connectivity index (χ4n) is 1.97. The van der Waals surface area contributed by atoms with E-state index in [1.54, 1.807) is 32.2 Å². The number of rotatable bonds is 5. The van der Waals surface area contributed by atoms with Crippen LogP contribution in [0.3, 0.4) is 0 Å². The largest absolute Gasteiger partial charge is 0.497 e. The SMILES string of the molecule is COc1ccc([C@@H](C)O)c(OCc2c(C)noc2C)c1. The van der Waals surface area contributed by atoms with E-state index in [0.29, 0.717) is 18.1 Å². The Kier molecular flexibility index (Phi) is 4.29. The summed E-state index contributed by atoms with van der Waals surface area (Å²) >= 11 is 0. The number of aryl methyl sites for hydroxylation is 2. The third kappa shape index (κ3) is 2.93. The van der Waals surface area contributed by atoms with E-state index in [4.69, 9.17) is 14.0 Å².